The fourth-order valence-electron chi connectivity index (χ4n) is 3.68. The molecule has 0 radical (unpaired) electrons. The van der Waals surface area contributed by atoms with Gasteiger partial charge < -0.3 is 19.4 Å². The van der Waals surface area contributed by atoms with Crippen LogP contribution in [0.5, 0.6) is 0 Å². The zero-order chi connectivity index (χ0) is 21.1. The second-order valence-electron chi connectivity index (χ2n) is 7.35. The van der Waals surface area contributed by atoms with E-state index in [4.69, 9.17) is 9.72 Å². The number of carbonyl (C=O) groups is 1. The fraction of sp³-hybridized carbons (Fsp3) is 0.450. The molecule has 2 aromatic rings. The summed E-state index contributed by atoms with van der Waals surface area (Å²) in [6.45, 7) is 7.17. The molecule has 0 spiro atoms. The number of nitro groups is 1. The van der Waals surface area contributed by atoms with E-state index in [0.717, 1.165) is 24.6 Å². The third-order valence-electron chi connectivity index (χ3n) is 5.32. The first-order valence-electron chi connectivity index (χ1n) is 9.98. The van der Waals surface area contributed by atoms with Crippen LogP contribution in [0, 0.1) is 17.0 Å². The predicted molar refractivity (Wildman–Crippen MR) is 111 cm³/mol. The molecule has 2 fully saturated rings. The lowest BCUT2D eigenvalue weighted by molar-refractivity contribution is -0.384. The number of aromatic nitrogens is 2. The highest BCUT2D eigenvalue weighted by Crippen LogP contribution is 2.21. The van der Waals surface area contributed by atoms with Gasteiger partial charge in [-0.25, -0.2) is 4.98 Å². The molecule has 30 heavy (non-hydrogen) atoms. The van der Waals surface area contributed by atoms with Crippen molar-refractivity contribution in [2.75, 3.05) is 62.3 Å². The second-order valence-corrected chi connectivity index (χ2v) is 7.35. The Labute approximate surface area is 174 Å². The number of piperazine rings is 1. The molecule has 0 saturated carbocycles. The molecule has 1 aromatic heterocycles. The number of anilines is 2. The van der Waals surface area contributed by atoms with Gasteiger partial charge in [0.1, 0.15) is 5.82 Å². The van der Waals surface area contributed by atoms with Gasteiger partial charge in [0, 0.05) is 68.7 Å². The molecule has 0 bridgehead atoms. The van der Waals surface area contributed by atoms with Gasteiger partial charge in [-0.05, 0) is 13.0 Å². The second kappa shape index (κ2) is 8.62. The highest BCUT2D eigenvalue weighted by molar-refractivity contribution is 5.95. The van der Waals surface area contributed by atoms with Gasteiger partial charge in [0.25, 0.3) is 11.6 Å². The number of benzene rings is 1. The van der Waals surface area contributed by atoms with Gasteiger partial charge in [-0.2, -0.15) is 4.98 Å². The number of hydrogen-bond acceptors (Lipinski definition) is 8. The molecule has 10 heteroatoms. The Bertz CT molecular complexity index is 939. The number of nitrogens with zero attached hydrogens (tertiary/aromatic N) is 6. The summed E-state index contributed by atoms with van der Waals surface area (Å²) in [6.07, 6.45) is 0. The van der Waals surface area contributed by atoms with Gasteiger partial charge in [-0.15, -0.1) is 0 Å². The number of morpholine rings is 1. The third-order valence-corrected chi connectivity index (χ3v) is 5.32. The standard InChI is InChI=1S/C20H24N6O4/c1-15-13-18(22-20(21-15)25-9-11-30-12-10-25)23-5-7-24(8-6-23)19(27)16-3-2-4-17(14-16)26(28)29/h2-4,13-14H,5-12H2,1H3. The number of amides is 1. The lowest BCUT2D eigenvalue weighted by Crippen LogP contribution is -2.49. The number of ether oxygens (including phenoxy) is 1. The summed E-state index contributed by atoms with van der Waals surface area (Å²) in [7, 11) is 0. The molecule has 2 aliphatic heterocycles. The molecule has 1 aromatic carbocycles. The number of rotatable bonds is 4. The van der Waals surface area contributed by atoms with E-state index in [-0.39, 0.29) is 11.6 Å². The summed E-state index contributed by atoms with van der Waals surface area (Å²) >= 11 is 0. The van der Waals surface area contributed by atoms with Crippen LogP contribution in [0.4, 0.5) is 17.5 Å². The van der Waals surface area contributed by atoms with E-state index in [2.05, 4.69) is 14.8 Å². The van der Waals surface area contributed by atoms with Crippen molar-refractivity contribution >= 4 is 23.4 Å². The van der Waals surface area contributed by atoms with E-state index in [9.17, 15) is 14.9 Å². The lowest BCUT2D eigenvalue weighted by Gasteiger charge is -2.36. The van der Waals surface area contributed by atoms with E-state index in [0.29, 0.717) is 50.9 Å². The molecule has 0 aliphatic carbocycles. The van der Waals surface area contributed by atoms with E-state index in [1.807, 2.05) is 13.0 Å². The summed E-state index contributed by atoms with van der Waals surface area (Å²) in [5.74, 6) is 1.38. The zero-order valence-electron chi connectivity index (χ0n) is 16.9. The van der Waals surface area contributed by atoms with Crippen LogP contribution in [-0.4, -0.2) is 78.2 Å². The van der Waals surface area contributed by atoms with Gasteiger partial charge in [-0.3, -0.25) is 14.9 Å². The van der Waals surface area contributed by atoms with Crippen molar-refractivity contribution in [3.8, 4) is 0 Å². The van der Waals surface area contributed by atoms with Gasteiger partial charge in [-0.1, -0.05) is 6.07 Å². The zero-order valence-corrected chi connectivity index (χ0v) is 16.9. The Morgan fingerprint density at radius 2 is 1.77 bits per heavy atom. The van der Waals surface area contributed by atoms with Gasteiger partial charge >= 0.3 is 0 Å². The first-order chi connectivity index (χ1) is 14.5. The van der Waals surface area contributed by atoms with Crippen LogP contribution in [0.2, 0.25) is 0 Å². The topological polar surface area (TPSA) is 105 Å². The smallest absolute Gasteiger partial charge is 0.270 e. The number of carbonyl (C=O) groups excluding carboxylic acids is 1. The summed E-state index contributed by atoms with van der Waals surface area (Å²) in [5, 5.41) is 11.0. The normalized spacial score (nSPS) is 17.2. The largest absolute Gasteiger partial charge is 0.378 e. The molecule has 0 unspecified atom stereocenters. The Hall–Kier alpha value is -3.27. The Morgan fingerprint density at radius 3 is 2.47 bits per heavy atom. The van der Waals surface area contributed by atoms with Crippen molar-refractivity contribution in [1.82, 2.24) is 14.9 Å². The van der Waals surface area contributed by atoms with Crippen molar-refractivity contribution in [2.24, 2.45) is 0 Å². The van der Waals surface area contributed by atoms with E-state index >= 15 is 0 Å². The summed E-state index contributed by atoms with van der Waals surface area (Å²) in [6, 6.07) is 7.83. The molecule has 2 aliphatic rings. The number of aryl methyl sites for hydroxylation is 1. The number of nitro benzene ring substituents is 1. The van der Waals surface area contributed by atoms with Crippen molar-refractivity contribution in [3.05, 3.63) is 51.7 Å². The van der Waals surface area contributed by atoms with Crippen LogP contribution in [-0.2, 0) is 4.74 Å². The molecule has 4 rings (SSSR count). The van der Waals surface area contributed by atoms with E-state index < -0.39 is 4.92 Å². The van der Waals surface area contributed by atoms with Crippen LogP contribution >= 0.6 is 0 Å². The molecular weight excluding hydrogens is 388 g/mol. The van der Waals surface area contributed by atoms with Crippen molar-refractivity contribution < 1.29 is 14.5 Å². The highest BCUT2D eigenvalue weighted by Gasteiger charge is 2.25. The lowest BCUT2D eigenvalue weighted by atomic mass is 10.1. The maximum atomic E-state index is 12.8. The third kappa shape index (κ3) is 4.33. The van der Waals surface area contributed by atoms with Gasteiger partial charge in [0.15, 0.2) is 0 Å². The Morgan fingerprint density at radius 1 is 1.03 bits per heavy atom. The van der Waals surface area contributed by atoms with E-state index in [1.165, 1.54) is 12.1 Å². The summed E-state index contributed by atoms with van der Waals surface area (Å²) in [4.78, 5) is 38.6. The first kappa shape index (κ1) is 20.0. The average Bonchev–Trinajstić information content (AvgIpc) is 2.79. The molecule has 10 nitrogen and oxygen atoms in total. The highest BCUT2D eigenvalue weighted by atomic mass is 16.6. The minimum absolute atomic E-state index is 0.0772. The van der Waals surface area contributed by atoms with Crippen LogP contribution in [0.25, 0.3) is 0 Å². The first-order valence-corrected chi connectivity index (χ1v) is 9.98. The fourth-order valence-corrected chi connectivity index (χ4v) is 3.68. The molecule has 3 heterocycles. The maximum Gasteiger partial charge on any atom is 0.270 e. The Kier molecular flexibility index (Phi) is 5.75. The molecule has 1 amide bonds. The molecule has 0 N–H and O–H groups in total. The van der Waals surface area contributed by atoms with E-state index in [1.54, 1.807) is 17.0 Å². The van der Waals surface area contributed by atoms with Crippen molar-refractivity contribution in [1.29, 1.82) is 0 Å². The molecular formula is C20H24N6O4. The molecule has 0 atom stereocenters. The van der Waals surface area contributed by atoms with Crippen LogP contribution < -0.4 is 9.80 Å². The SMILES string of the molecule is Cc1cc(N2CCN(C(=O)c3cccc([N+](=O)[O-])c3)CC2)nc(N2CCOCC2)n1. The quantitative estimate of drug-likeness (QED) is 0.549. The Balaban J connectivity index is 1.43. The number of hydrogen-bond donors (Lipinski definition) is 0. The average molecular weight is 412 g/mol. The van der Waals surface area contributed by atoms with Crippen molar-refractivity contribution in [3.63, 3.8) is 0 Å². The maximum absolute atomic E-state index is 12.8. The summed E-state index contributed by atoms with van der Waals surface area (Å²) in [5.41, 5.74) is 1.16. The van der Waals surface area contributed by atoms with Crippen LogP contribution in [0.1, 0.15) is 16.1 Å². The van der Waals surface area contributed by atoms with Gasteiger partial charge in [0.05, 0.1) is 18.1 Å². The minimum Gasteiger partial charge on any atom is -0.378 e. The number of non-ortho nitro benzene ring substituents is 1. The van der Waals surface area contributed by atoms with Crippen LogP contribution in [0.3, 0.4) is 0 Å². The minimum atomic E-state index is -0.488. The molecule has 158 valence electrons. The summed E-state index contributed by atoms with van der Waals surface area (Å²) < 4.78 is 5.41. The monoisotopic (exact) mass is 412 g/mol. The van der Waals surface area contributed by atoms with Crippen LogP contribution in [0.15, 0.2) is 30.3 Å². The van der Waals surface area contributed by atoms with Gasteiger partial charge in [0.2, 0.25) is 5.95 Å². The molecule has 2 saturated heterocycles. The predicted octanol–water partition coefficient (Wildman–Crippen LogP) is 1.49. The van der Waals surface area contributed by atoms with Crippen molar-refractivity contribution in [2.45, 2.75) is 6.92 Å².